The summed E-state index contributed by atoms with van der Waals surface area (Å²) < 4.78 is 0. The van der Waals surface area contributed by atoms with Crippen molar-refractivity contribution in [3.63, 3.8) is 0 Å². The molecule has 3 rings (SSSR count). The molecular weight excluding hydrogens is 242 g/mol. The molecule has 3 heterocycles. The minimum Gasteiger partial charge on any atom is -0.478 e. The third-order valence-corrected chi connectivity index (χ3v) is 2.80. The minimum atomic E-state index is -0.995. The minimum absolute atomic E-state index is 0.192. The van der Waals surface area contributed by atoms with E-state index in [0.717, 1.165) is 5.56 Å². The lowest BCUT2D eigenvalue weighted by Gasteiger charge is -2.06. The quantitative estimate of drug-likeness (QED) is 0.756. The molecule has 0 aliphatic carbocycles. The van der Waals surface area contributed by atoms with E-state index in [1.54, 1.807) is 36.8 Å². The van der Waals surface area contributed by atoms with Crippen molar-refractivity contribution in [1.29, 1.82) is 0 Å². The lowest BCUT2D eigenvalue weighted by molar-refractivity contribution is 0.0699. The lowest BCUT2D eigenvalue weighted by atomic mass is 10.1. The van der Waals surface area contributed by atoms with E-state index in [0.29, 0.717) is 16.6 Å². The Morgan fingerprint density at radius 1 is 1.11 bits per heavy atom. The van der Waals surface area contributed by atoms with E-state index in [-0.39, 0.29) is 5.56 Å². The van der Waals surface area contributed by atoms with Crippen LogP contribution < -0.4 is 0 Å². The summed E-state index contributed by atoms with van der Waals surface area (Å²) in [5, 5.41) is 9.81. The summed E-state index contributed by atoms with van der Waals surface area (Å²) in [6.45, 7) is 0. The Kier molecular flexibility index (Phi) is 2.64. The molecule has 1 N–H and O–H groups in total. The fraction of sp³-hybridized carbons (Fsp3) is 0. The first kappa shape index (κ1) is 11.3. The van der Waals surface area contributed by atoms with Crippen molar-refractivity contribution in [3.05, 3.63) is 54.6 Å². The maximum Gasteiger partial charge on any atom is 0.336 e. The first-order valence-corrected chi connectivity index (χ1v) is 5.64. The highest BCUT2D eigenvalue weighted by atomic mass is 16.4. The first-order chi connectivity index (χ1) is 9.25. The molecule has 19 heavy (non-hydrogen) atoms. The second-order valence-corrected chi connectivity index (χ2v) is 3.99. The van der Waals surface area contributed by atoms with E-state index in [1.165, 1.54) is 6.20 Å². The van der Waals surface area contributed by atoms with E-state index in [2.05, 4.69) is 15.0 Å². The molecule has 5 nitrogen and oxygen atoms in total. The van der Waals surface area contributed by atoms with E-state index in [4.69, 9.17) is 0 Å². The van der Waals surface area contributed by atoms with E-state index in [1.807, 2.05) is 6.07 Å². The highest BCUT2D eigenvalue weighted by Crippen LogP contribution is 2.23. The van der Waals surface area contributed by atoms with Crippen LogP contribution in [0.5, 0.6) is 0 Å². The maximum atomic E-state index is 11.3. The van der Waals surface area contributed by atoms with Gasteiger partial charge in [-0.1, -0.05) is 0 Å². The Balaban J connectivity index is 2.31. The maximum absolute atomic E-state index is 11.3. The van der Waals surface area contributed by atoms with Gasteiger partial charge in [0.1, 0.15) is 0 Å². The van der Waals surface area contributed by atoms with Crippen LogP contribution in [0.2, 0.25) is 0 Å². The molecule has 0 aliphatic heterocycles. The molecule has 0 aliphatic rings. The summed E-state index contributed by atoms with van der Waals surface area (Å²) in [6.07, 6.45) is 6.42. The smallest absolute Gasteiger partial charge is 0.336 e. The largest absolute Gasteiger partial charge is 0.478 e. The molecule has 0 atom stereocenters. The second-order valence-electron chi connectivity index (χ2n) is 3.99. The fourth-order valence-electron chi connectivity index (χ4n) is 1.91. The van der Waals surface area contributed by atoms with Gasteiger partial charge in [0.25, 0.3) is 0 Å². The molecule has 0 saturated heterocycles. The number of nitrogens with zero attached hydrogens (tertiary/aromatic N) is 3. The molecular formula is C14H9N3O2. The average Bonchev–Trinajstić information content (AvgIpc) is 2.47. The molecule has 0 saturated carbocycles. The Labute approximate surface area is 108 Å². The summed E-state index contributed by atoms with van der Waals surface area (Å²) in [6, 6.07) is 6.87. The van der Waals surface area contributed by atoms with Crippen LogP contribution in [0.4, 0.5) is 0 Å². The van der Waals surface area contributed by atoms with Gasteiger partial charge in [0, 0.05) is 35.7 Å². The van der Waals surface area contributed by atoms with Gasteiger partial charge < -0.3 is 5.11 Å². The summed E-state index contributed by atoms with van der Waals surface area (Å²) in [5.74, 6) is -0.995. The molecule has 5 heteroatoms. The Hall–Kier alpha value is -2.82. The van der Waals surface area contributed by atoms with Crippen molar-refractivity contribution in [2.45, 2.75) is 0 Å². The number of carbonyl (C=O) groups is 1. The monoisotopic (exact) mass is 251 g/mol. The van der Waals surface area contributed by atoms with Gasteiger partial charge in [-0.05, 0) is 24.3 Å². The van der Waals surface area contributed by atoms with E-state index < -0.39 is 5.97 Å². The predicted molar refractivity (Wildman–Crippen MR) is 69.7 cm³/mol. The number of carboxylic acids is 1. The van der Waals surface area contributed by atoms with Crippen molar-refractivity contribution < 1.29 is 9.90 Å². The molecule has 3 aromatic rings. The van der Waals surface area contributed by atoms with Crippen LogP contribution in [0.15, 0.2) is 49.1 Å². The summed E-state index contributed by atoms with van der Waals surface area (Å²) in [5.41, 5.74) is 2.17. The van der Waals surface area contributed by atoms with Crippen LogP contribution >= 0.6 is 0 Å². The number of pyridine rings is 3. The van der Waals surface area contributed by atoms with Gasteiger partial charge in [-0.2, -0.15) is 0 Å². The van der Waals surface area contributed by atoms with Crippen molar-refractivity contribution in [3.8, 4) is 11.3 Å². The number of hydrogen-bond acceptors (Lipinski definition) is 4. The summed E-state index contributed by atoms with van der Waals surface area (Å²) in [7, 11) is 0. The van der Waals surface area contributed by atoms with Crippen molar-refractivity contribution >= 4 is 16.9 Å². The molecule has 0 unspecified atom stereocenters. The molecule has 0 spiro atoms. The van der Waals surface area contributed by atoms with Gasteiger partial charge in [0.15, 0.2) is 0 Å². The predicted octanol–water partition coefficient (Wildman–Crippen LogP) is 2.39. The highest BCUT2D eigenvalue weighted by molar-refractivity contribution is 6.03. The Morgan fingerprint density at radius 3 is 2.68 bits per heavy atom. The van der Waals surface area contributed by atoms with Crippen LogP contribution in [0.25, 0.3) is 22.2 Å². The summed E-state index contributed by atoms with van der Waals surface area (Å²) in [4.78, 5) is 23.7. The van der Waals surface area contributed by atoms with Crippen molar-refractivity contribution in [1.82, 2.24) is 15.0 Å². The molecule has 0 radical (unpaired) electrons. The van der Waals surface area contributed by atoms with Crippen molar-refractivity contribution in [2.75, 3.05) is 0 Å². The fourth-order valence-corrected chi connectivity index (χ4v) is 1.91. The molecule has 3 aromatic heterocycles. The molecule has 0 amide bonds. The van der Waals surface area contributed by atoms with Gasteiger partial charge in [0.05, 0.1) is 16.8 Å². The van der Waals surface area contributed by atoms with Gasteiger partial charge in [-0.25, -0.2) is 9.78 Å². The lowest BCUT2D eigenvalue weighted by Crippen LogP contribution is -2.00. The standard InChI is InChI=1S/C14H9N3O2/c18-14(19)10-6-13(9-2-1-4-15-7-9)17-12-3-5-16-8-11(10)12/h1-8H,(H,18,19). The number of fused-ring (bicyclic) bond motifs is 1. The number of carboxylic acid groups (broad SMARTS) is 1. The SMILES string of the molecule is O=C(O)c1cc(-c2cccnc2)nc2ccncc12. The van der Waals surface area contributed by atoms with E-state index in [9.17, 15) is 9.90 Å². The highest BCUT2D eigenvalue weighted by Gasteiger charge is 2.12. The first-order valence-electron chi connectivity index (χ1n) is 5.64. The van der Waals surface area contributed by atoms with Crippen LogP contribution in [0.1, 0.15) is 10.4 Å². The van der Waals surface area contributed by atoms with E-state index >= 15 is 0 Å². The summed E-state index contributed by atoms with van der Waals surface area (Å²) >= 11 is 0. The zero-order valence-electron chi connectivity index (χ0n) is 9.82. The normalized spacial score (nSPS) is 10.5. The van der Waals surface area contributed by atoms with Gasteiger partial charge in [-0.3, -0.25) is 9.97 Å². The van der Waals surface area contributed by atoms with Gasteiger partial charge >= 0.3 is 5.97 Å². The Morgan fingerprint density at radius 2 is 1.95 bits per heavy atom. The Bertz CT molecular complexity index is 757. The van der Waals surface area contributed by atoms with Crippen LogP contribution in [-0.4, -0.2) is 26.0 Å². The second kappa shape index (κ2) is 4.45. The zero-order chi connectivity index (χ0) is 13.2. The number of hydrogen-bond donors (Lipinski definition) is 1. The van der Waals surface area contributed by atoms with Crippen LogP contribution in [0.3, 0.4) is 0 Å². The topological polar surface area (TPSA) is 76.0 Å². The van der Waals surface area contributed by atoms with Gasteiger partial charge in [-0.15, -0.1) is 0 Å². The van der Waals surface area contributed by atoms with Crippen LogP contribution in [-0.2, 0) is 0 Å². The van der Waals surface area contributed by atoms with Gasteiger partial charge in [0.2, 0.25) is 0 Å². The van der Waals surface area contributed by atoms with Crippen LogP contribution in [0, 0.1) is 0 Å². The van der Waals surface area contributed by atoms with Crippen molar-refractivity contribution in [2.24, 2.45) is 0 Å². The third kappa shape index (κ3) is 2.01. The molecule has 92 valence electrons. The number of aromatic nitrogens is 3. The third-order valence-electron chi connectivity index (χ3n) is 2.80. The molecule has 0 aromatic carbocycles. The number of rotatable bonds is 2. The molecule has 0 fully saturated rings. The zero-order valence-corrected chi connectivity index (χ0v) is 9.82. The molecule has 0 bridgehead atoms. The average molecular weight is 251 g/mol. The number of aromatic carboxylic acids is 1.